The molecule has 1 saturated heterocycles. The summed E-state index contributed by atoms with van der Waals surface area (Å²) < 4.78 is 17.4. The SMILES string of the molecule is CCCON1C(C)(C)CC(O)(P(=O)(O)OCC)CC1(C)C. The van der Waals surface area contributed by atoms with Gasteiger partial charge in [0.2, 0.25) is 0 Å². The Kier molecular flexibility index (Phi) is 5.69. The molecule has 1 atom stereocenters. The zero-order valence-electron chi connectivity index (χ0n) is 14.0. The Balaban J connectivity index is 3.11. The number of hydrogen-bond acceptors (Lipinski definition) is 5. The average molecular weight is 323 g/mol. The first kappa shape index (κ1) is 19.1. The minimum atomic E-state index is -4.12. The lowest BCUT2D eigenvalue weighted by Gasteiger charge is -2.56. The number of nitrogens with zero attached hydrogens (tertiary/aromatic N) is 1. The molecule has 7 heteroatoms. The van der Waals surface area contributed by atoms with Crippen LogP contribution >= 0.6 is 7.60 Å². The molecule has 0 amide bonds. The second-order valence-electron chi connectivity index (χ2n) is 7.03. The number of piperidine rings is 1. The van der Waals surface area contributed by atoms with E-state index >= 15 is 0 Å². The fourth-order valence-electron chi connectivity index (χ4n) is 3.44. The quantitative estimate of drug-likeness (QED) is 0.732. The first-order valence-electron chi connectivity index (χ1n) is 7.55. The van der Waals surface area contributed by atoms with Gasteiger partial charge in [0.05, 0.1) is 13.2 Å². The molecular weight excluding hydrogens is 293 g/mol. The van der Waals surface area contributed by atoms with Crippen molar-refractivity contribution in [1.82, 2.24) is 5.06 Å². The zero-order valence-corrected chi connectivity index (χ0v) is 14.9. The van der Waals surface area contributed by atoms with Gasteiger partial charge in [-0.05, 0) is 41.0 Å². The van der Waals surface area contributed by atoms with Gasteiger partial charge in [-0.15, -0.1) is 0 Å². The fraction of sp³-hybridized carbons (Fsp3) is 1.00. The first-order valence-corrected chi connectivity index (χ1v) is 9.13. The van der Waals surface area contributed by atoms with Crippen LogP contribution in [0.15, 0.2) is 0 Å². The van der Waals surface area contributed by atoms with Gasteiger partial charge in [-0.3, -0.25) is 9.40 Å². The van der Waals surface area contributed by atoms with Gasteiger partial charge < -0.3 is 14.5 Å². The van der Waals surface area contributed by atoms with Crippen LogP contribution in [0.5, 0.6) is 0 Å². The molecule has 0 spiro atoms. The molecule has 1 aliphatic heterocycles. The Bertz CT molecular complexity index is 392. The van der Waals surface area contributed by atoms with Gasteiger partial charge in [0.15, 0.2) is 5.34 Å². The predicted octanol–water partition coefficient (Wildman–Crippen LogP) is 2.89. The van der Waals surface area contributed by atoms with E-state index in [1.165, 1.54) is 0 Å². The summed E-state index contributed by atoms with van der Waals surface area (Å²) in [7, 11) is -4.12. The summed E-state index contributed by atoms with van der Waals surface area (Å²) in [5, 5.41) is 10.9. The summed E-state index contributed by atoms with van der Waals surface area (Å²) in [6, 6.07) is 0. The largest absolute Gasteiger partial charge is 0.377 e. The molecular formula is C14H30NO5P. The third kappa shape index (κ3) is 3.87. The van der Waals surface area contributed by atoms with E-state index in [4.69, 9.17) is 9.36 Å². The third-order valence-electron chi connectivity index (χ3n) is 3.79. The molecule has 0 radical (unpaired) electrons. The van der Waals surface area contributed by atoms with Crippen LogP contribution < -0.4 is 0 Å². The lowest BCUT2D eigenvalue weighted by atomic mass is 9.80. The lowest BCUT2D eigenvalue weighted by molar-refractivity contribution is -0.297. The summed E-state index contributed by atoms with van der Waals surface area (Å²) in [6.07, 6.45) is 1.10. The van der Waals surface area contributed by atoms with Gasteiger partial charge in [-0.25, -0.2) is 0 Å². The standard InChI is InChI=1S/C14H30NO5P/c1-7-9-19-15-12(3,4)10-14(16,11-13(15,5)6)21(17,18)20-8-2/h16H,7-11H2,1-6H3,(H,17,18). The molecule has 0 aromatic heterocycles. The number of hydroxylamine groups is 2. The van der Waals surface area contributed by atoms with E-state index in [2.05, 4.69) is 0 Å². The van der Waals surface area contributed by atoms with Crippen molar-refractivity contribution in [2.24, 2.45) is 0 Å². The molecule has 0 aliphatic carbocycles. The van der Waals surface area contributed by atoms with E-state index < -0.39 is 24.0 Å². The molecule has 2 N–H and O–H groups in total. The van der Waals surface area contributed by atoms with Crippen LogP contribution in [0.4, 0.5) is 0 Å². The van der Waals surface area contributed by atoms with Gasteiger partial charge >= 0.3 is 7.60 Å². The summed E-state index contributed by atoms with van der Waals surface area (Å²) in [4.78, 5) is 16.0. The highest BCUT2D eigenvalue weighted by Gasteiger charge is 2.60. The average Bonchev–Trinajstić information content (AvgIpc) is 2.25. The predicted molar refractivity (Wildman–Crippen MR) is 81.9 cm³/mol. The minimum absolute atomic E-state index is 0.0903. The molecule has 0 aromatic carbocycles. The van der Waals surface area contributed by atoms with Crippen LogP contribution in [0, 0.1) is 0 Å². The van der Waals surface area contributed by atoms with E-state index in [-0.39, 0.29) is 19.4 Å². The van der Waals surface area contributed by atoms with Crippen LogP contribution in [0.1, 0.15) is 60.8 Å². The van der Waals surface area contributed by atoms with Crippen molar-refractivity contribution in [2.75, 3.05) is 13.2 Å². The van der Waals surface area contributed by atoms with Crippen LogP contribution in [0.25, 0.3) is 0 Å². The van der Waals surface area contributed by atoms with Crippen molar-refractivity contribution >= 4 is 7.60 Å². The number of aliphatic hydroxyl groups is 1. The molecule has 0 saturated carbocycles. The molecule has 0 aromatic rings. The summed E-state index contributed by atoms with van der Waals surface area (Å²) in [5.74, 6) is 0. The minimum Gasteiger partial charge on any atom is -0.377 e. The fourth-order valence-corrected chi connectivity index (χ4v) is 5.20. The molecule has 6 nitrogen and oxygen atoms in total. The number of rotatable bonds is 6. The van der Waals surface area contributed by atoms with Gasteiger partial charge in [-0.2, -0.15) is 5.06 Å². The number of hydrogen-bond donors (Lipinski definition) is 2. The van der Waals surface area contributed by atoms with Crippen LogP contribution in [0.3, 0.4) is 0 Å². The van der Waals surface area contributed by atoms with Crippen molar-refractivity contribution in [3.8, 4) is 0 Å². The normalized spacial score (nSPS) is 27.2. The summed E-state index contributed by atoms with van der Waals surface area (Å²) in [6.45, 7) is 11.9. The molecule has 1 fully saturated rings. The summed E-state index contributed by atoms with van der Waals surface area (Å²) in [5.41, 5.74) is -1.16. The molecule has 1 heterocycles. The van der Waals surface area contributed by atoms with E-state index in [0.29, 0.717) is 6.61 Å². The Morgan fingerprint density at radius 3 is 2.00 bits per heavy atom. The Morgan fingerprint density at radius 1 is 1.14 bits per heavy atom. The van der Waals surface area contributed by atoms with Crippen molar-refractivity contribution in [3.05, 3.63) is 0 Å². The lowest BCUT2D eigenvalue weighted by Crippen LogP contribution is -2.65. The summed E-state index contributed by atoms with van der Waals surface area (Å²) >= 11 is 0. The maximum Gasteiger partial charge on any atom is 0.359 e. The Hall–Kier alpha value is 0.0300. The van der Waals surface area contributed by atoms with E-state index in [9.17, 15) is 14.6 Å². The van der Waals surface area contributed by atoms with E-state index in [1.807, 2.05) is 39.7 Å². The smallest absolute Gasteiger partial charge is 0.359 e. The zero-order chi connectivity index (χ0) is 16.5. The highest BCUT2D eigenvalue weighted by Crippen LogP contribution is 2.63. The Labute approximate surface area is 127 Å². The van der Waals surface area contributed by atoms with Gasteiger partial charge in [-0.1, -0.05) is 6.92 Å². The topological polar surface area (TPSA) is 79.2 Å². The molecule has 1 rings (SSSR count). The maximum absolute atomic E-state index is 12.4. The first-order chi connectivity index (χ1) is 9.42. The van der Waals surface area contributed by atoms with Crippen LogP contribution in [0.2, 0.25) is 0 Å². The molecule has 126 valence electrons. The van der Waals surface area contributed by atoms with Gasteiger partial charge in [0.25, 0.3) is 0 Å². The van der Waals surface area contributed by atoms with E-state index in [1.54, 1.807) is 6.92 Å². The highest BCUT2D eigenvalue weighted by atomic mass is 31.2. The van der Waals surface area contributed by atoms with Crippen LogP contribution in [-0.2, 0) is 13.9 Å². The van der Waals surface area contributed by atoms with Gasteiger partial charge in [0, 0.05) is 23.9 Å². The van der Waals surface area contributed by atoms with Crippen molar-refractivity contribution in [1.29, 1.82) is 0 Å². The second-order valence-corrected chi connectivity index (χ2v) is 9.16. The van der Waals surface area contributed by atoms with E-state index in [0.717, 1.165) is 6.42 Å². The molecule has 1 unspecified atom stereocenters. The highest BCUT2D eigenvalue weighted by molar-refractivity contribution is 7.54. The second kappa shape index (κ2) is 6.26. The molecule has 21 heavy (non-hydrogen) atoms. The molecule has 0 bridgehead atoms. The van der Waals surface area contributed by atoms with Crippen molar-refractivity contribution < 1.29 is 23.9 Å². The van der Waals surface area contributed by atoms with Gasteiger partial charge in [0.1, 0.15) is 0 Å². The Morgan fingerprint density at radius 2 is 1.62 bits per heavy atom. The van der Waals surface area contributed by atoms with Crippen molar-refractivity contribution in [2.45, 2.75) is 77.2 Å². The molecule has 1 aliphatic rings. The van der Waals surface area contributed by atoms with Crippen LogP contribution in [-0.4, -0.2) is 44.7 Å². The van der Waals surface area contributed by atoms with Crippen molar-refractivity contribution in [3.63, 3.8) is 0 Å². The maximum atomic E-state index is 12.4. The monoisotopic (exact) mass is 323 g/mol. The third-order valence-corrected chi connectivity index (χ3v) is 5.76.